The van der Waals surface area contributed by atoms with Gasteiger partial charge in [-0.05, 0) is 32.2 Å². The van der Waals surface area contributed by atoms with Crippen molar-refractivity contribution in [1.82, 2.24) is 4.98 Å². The molecule has 0 aromatic carbocycles. The van der Waals surface area contributed by atoms with E-state index in [1.807, 2.05) is 38.1 Å². The number of pyridine rings is 1. The summed E-state index contributed by atoms with van der Waals surface area (Å²) in [6, 6.07) is 3.95. The maximum absolute atomic E-state index is 4.31. The molecule has 0 aliphatic carbocycles. The summed E-state index contributed by atoms with van der Waals surface area (Å²) in [5.41, 5.74) is 3.08. The smallest absolute Gasteiger partial charge is 0.0746 e. The molecule has 72 valence electrons. The Balaban J connectivity index is 3.18. The van der Waals surface area contributed by atoms with E-state index in [1.54, 1.807) is 12.4 Å². The highest BCUT2D eigenvalue weighted by atomic mass is 14.7. The normalized spacial score (nSPS) is 12.0. The molecule has 0 aliphatic heterocycles. The summed E-state index contributed by atoms with van der Waals surface area (Å²) in [4.78, 5) is 8.08. The zero-order valence-electron chi connectivity index (χ0n) is 8.57. The summed E-state index contributed by atoms with van der Waals surface area (Å²) >= 11 is 0. The van der Waals surface area contributed by atoms with Crippen molar-refractivity contribution in [2.75, 3.05) is 0 Å². The second-order valence-electron chi connectivity index (χ2n) is 2.94. The summed E-state index contributed by atoms with van der Waals surface area (Å²) in [6.45, 7) is 7.45. The average Bonchev–Trinajstić information content (AvgIpc) is 2.18. The summed E-state index contributed by atoms with van der Waals surface area (Å²) < 4.78 is 0. The van der Waals surface area contributed by atoms with Gasteiger partial charge in [0.1, 0.15) is 0 Å². The van der Waals surface area contributed by atoms with Crippen molar-refractivity contribution in [1.29, 1.82) is 0 Å². The minimum atomic E-state index is 0.956. The Kier molecular flexibility index (Phi) is 3.80. The largest absolute Gasteiger partial charge is 0.272 e. The lowest BCUT2D eigenvalue weighted by Gasteiger charge is -2.03. The van der Waals surface area contributed by atoms with Gasteiger partial charge in [0.25, 0.3) is 0 Å². The molecule has 0 saturated carbocycles. The summed E-state index contributed by atoms with van der Waals surface area (Å²) in [6.07, 6.45) is 7.44. The lowest BCUT2D eigenvalue weighted by molar-refractivity contribution is 1.22. The molecule has 0 fully saturated rings. The van der Waals surface area contributed by atoms with Gasteiger partial charge in [0, 0.05) is 18.0 Å². The minimum Gasteiger partial charge on any atom is -0.272 e. The van der Waals surface area contributed by atoms with Crippen molar-refractivity contribution in [2.24, 2.45) is 4.99 Å². The molecule has 0 aliphatic rings. The molecule has 14 heavy (non-hydrogen) atoms. The third-order valence-corrected chi connectivity index (χ3v) is 1.86. The zero-order chi connectivity index (χ0) is 10.4. The van der Waals surface area contributed by atoms with E-state index in [9.17, 15) is 0 Å². The molecule has 2 heteroatoms. The van der Waals surface area contributed by atoms with E-state index in [2.05, 4.69) is 16.7 Å². The molecule has 0 unspecified atom stereocenters. The Bertz CT molecular complexity index is 376. The second kappa shape index (κ2) is 5.12. The number of nitrogens with zero attached hydrogens (tertiary/aromatic N) is 2. The molecule has 1 heterocycles. The number of aromatic nitrogens is 1. The first kappa shape index (κ1) is 10.4. The molecule has 1 aromatic rings. The van der Waals surface area contributed by atoms with Crippen LogP contribution in [0.25, 0.3) is 5.57 Å². The predicted octanol–water partition coefficient (Wildman–Crippen LogP) is 3.01. The molecule has 0 amide bonds. The zero-order valence-corrected chi connectivity index (χ0v) is 8.57. The highest BCUT2D eigenvalue weighted by Gasteiger charge is 2.01. The van der Waals surface area contributed by atoms with E-state index in [0.29, 0.717) is 0 Å². The number of aryl methyl sites for hydroxylation is 1. The van der Waals surface area contributed by atoms with Gasteiger partial charge in [-0.15, -0.1) is 0 Å². The van der Waals surface area contributed by atoms with E-state index < -0.39 is 0 Å². The Morgan fingerprint density at radius 1 is 1.57 bits per heavy atom. The highest BCUT2D eigenvalue weighted by Crippen LogP contribution is 2.17. The fraction of sp³-hybridized carbons (Fsp3) is 0.167. The third kappa shape index (κ3) is 2.39. The maximum Gasteiger partial charge on any atom is 0.0746 e. The van der Waals surface area contributed by atoms with Crippen LogP contribution in [0.4, 0.5) is 0 Å². The molecule has 0 N–H and O–H groups in total. The van der Waals surface area contributed by atoms with Gasteiger partial charge >= 0.3 is 0 Å². The third-order valence-electron chi connectivity index (χ3n) is 1.86. The molecule has 2 nitrogen and oxygen atoms in total. The summed E-state index contributed by atoms with van der Waals surface area (Å²) in [5.74, 6) is 0. The second-order valence-corrected chi connectivity index (χ2v) is 2.94. The first-order valence-corrected chi connectivity index (χ1v) is 4.50. The van der Waals surface area contributed by atoms with Crippen LogP contribution in [0.1, 0.15) is 18.2 Å². The molecule has 0 saturated heterocycles. The Hall–Kier alpha value is -1.70. The van der Waals surface area contributed by atoms with Gasteiger partial charge in [0.2, 0.25) is 0 Å². The van der Waals surface area contributed by atoms with E-state index in [0.717, 1.165) is 16.8 Å². The van der Waals surface area contributed by atoms with Crippen LogP contribution in [-0.2, 0) is 0 Å². The van der Waals surface area contributed by atoms with Gasteiger partial charge in [-0.2, -0.15) is 0 Å². The SMILES string of the molecule is C=N/C=C(\C=C/C)c1ncccc1C. The predicted molar refractivity (Wildman–Crippen MR) is 61.3 cm³/mol. The number of hydrogen-bond donors (Lipinski definition) is 0. The van der Waals surface area contributed by atoms with E-state index in [1.165, 1.54) is 0 Å². The van der Waals surface area contributed by atoms with E-state index in [4.69, 9.17) is 0 Å². The summed E-state index contributed by atoms with van der Waals surface area (Å²) in [7, 11) is 0. The van der Waals surface area contributed by atoms with Crippen LogP contribution in [0.3, 0.4) is 0 Å². The summed E-state index contributed by atoms with van der Waals surface area (Å²) in [5, 5.41) is 0. The maximum atomic E-state index is 4.31. The fourth-order valence-corrected chi connectivity index (χ4v) is 1.25. The van der Waals surface area contributed by atoms with Gasteiger partial charge in [0.15, 0.2) is 0 Å². The minimum absolute atomic E-state index is 0.956. The van der Waals surface area contributed by atoms with Crippen molar-refractivity contribution in [3.05, 3.63) is 47.9 Å². The van der Waals surface area contributed by atoms with Crippen molar-refractivity contribution < 1.29 is 0 Å². The van der Waals surface area contributed by atoms with E-state index >= 15 is 0 Å². The Morgan fingerprint density at radius 2 is 2.36 bits per heavy atom. The lowest BCUT2D eigenvalue weighted by atomic mass is 10.1. The molecule has 0 atom stereocenters. The molecule has 0 radical (unpaired) electrons. The standard InChI is InChI=1S/C12H14N2/c1-4-6-11(9-13-3)12-10(2)7-5-8-14-12/h4-9H,3H2,1-2H3/b6-4-,11-9+. The topological polar surface area (TPSA) is 25.2 Å². The van der Waals surface area contributed by atoms with Gasteiger partial charge in [-0.1, -0.05) is 18.2 Å². The van der Waals surface area contributed by atoms with Crippen LogP contribution in [0, 0.1) is 6.92 Å². The van der Waals surface area contributed by atoms with Crippen LogP contribution in [0.5, 0.6) is 0 Å². The molecule has 0 spiro atoms. The van der Waals surface area contributed by atoms with Crippen LogP contribution < -0.4 is 0 Å². The monoisotopic (exact) mass is 186 g/mol. The van der Waals surface area contributed by atoms with Gasteiger partial charge in [0.05, 0.1) is 5.69 Å². The van der Waals surface area contributed by atoms with Gasteiger partial charge < -0.3 is 0 Å². The highest BCUT2D eigenvalue weighted by molar-refractivity contribution is 5.73. The quantitative estimate of drug-likeness (QED) is 0.526. The van der Waals surface area contributed by atoms with Crippen molar-refractivity contribution in [2.45, 2.75) is 13.8 Å². The number of rotatable bonds is 3. The van der Waals surface area contributed by atoms with Crippen LogP contribution in [0.2, 0.25) is 0 Å². The van der Waals surface area contributed by atoms with Gasteiger partial charge in [-0.3, -0.25) is 9.98 Å². The Morgan fingerprint density at radius 3 is 2.93 bits per heavy atom. The first-order chi connectivity index (χ1) is 6.79. The molecule has 1 rings (SSSR count). The van der Waals surface area contributed by atoms with Crippen LogP contribution >= 0.6 is 0 Å². The molecular weight excluding hydrogens is 172 g/mol. The Labute approximate surface area is 84.7 Å². The number of aliphatic imine (C=N–C) groups is 1. The van der Waals surface area contributed by atoms with Crippen molar-refractivity contribution in [3.8, 4) is 0 Å². The van der Waals surface area contributed by atoms with Crippen LogP contribution in [-0.4, -0.2) is 11.7 Å². The molecule has 0 bridgehead atoms. The number of allylic oxidation sites excluding steroid dienone is 3. The van der Waals surface area contributed by atoms with Gasteiger partial charge in [-0.25, -0.2) is 0 Å². The first-order valence-electron chi connectivity index (χ1n) is 4.50. The van der Waals surface area contributed by atoms with E-state index in [-0.39, 0.29) is 0 Å². The van der Waals surface area contributed by atoms with Crippen LogP contribution in [0.15, 0.2) is 41.7 Å². The van der Waals surface area contributed by atoms with Crippen molar-refractivity contribution >= 4 is 12.3 Å². The lowest BCUT2D eigenvalue weighted by Crippen LogP contribution is -1.90. The fourth-order valence-electron chi connectivity index (χ4n) is 1.25. The number of hydrogen-bond acceptors (Lipinski definition) is 2. The molecular formula is C12H14N2. The van der Waals surface area contributed by atoms with Crippen molar-refractivity contribution in [3.63, 3.8) is 0 Å². The average molecular weight is 186 g/mol. The molecule has 1 aromatic heterocycles.